The molecule has 7 heteroatoms. The Morgan fingerprint density at radius 2 is 1.81 bits per heavy atom. The normalized spacial score (nSPS) is 10.6. The van der Waals surface area contributed by atoms with Crippen LogP contribution < -0.4 is 10.9 Å². The Morgan fingerprint density at radius 1 is 1.07 bits per heavy atom. The van der Waals surface area contributed by atoms with Gasteiger partial charge in [0, 0.05) is 28.1 Å². The molecule has 2 aromatic carbocycles. The molecule has 2 N–H and O–H groups in total. The number of hydrogen-bond acceptors (Lipinski definition) is 4. The van der Waals surface area contributed by atoms with Crippen LogP contribution in [0.3, 0.4) is 0 Å². The summed E-state index contributed by atoms with van der Waals surface area (Å²) in [6, 6.07) is 16.4. The minimum atomic E-state index is -0.403. The SMILES string of the molecule is CSCCC(=O)NNC(=O)c1cc(-c2ccccc2Cl)nc2ccccc12. The summed E-state index contributed by atoms with van der Waals surface area (Å²) in [5, 5.41) is 1.25. The maximum Gasteiger partial charge on any atom is 0.270 e. The van der Waals surface area contributed by atoms with Gasteiger partial charge in [0.2, 0.25) is 5.91 Å². The Morgan fingerprint density at radius 3 is 2.59 bits per heavy atom. The van der Waals surface area contributed by atoms with Crippen molar-refractivity contribution in [2.75, 3.05) is 12.0 Å². The number of para-hydroxylation sites is 1. The number of amides is 2. The molecule has 0 bridgehead atoms. The number of thioether (sulfide) groups is 1. The number of pyridine rings is 1. The molecule has 1 heterocycles. The minimum absolute atomic E-state index is 0.234. The van der Waals surface area contributed by atoms with Crippen LogP contribution in [0.4, 0.5) is 0 Å². The van der Waals surface area contributed by atoms with Crippen LogP contribution in [0, 0.1) is 0 Å². The molecule has 0 saturated carbocycles. The van der Waals surface area contributed by atoms with Crippen molar-refractivity contribution in [3.05, 3.63) is 65.2 Å². The number of rotatable bonds is 5. The number of hydrogen-bond donors (Lipinski definition) is 2. The summed E-state index contributed by atoms with van der Waals surface area (Å²) in [5.74, 6) is 0.0538. The van der Waals surface area contributed by atoms with Gasteiger partial charge in [0.25, 0.3) is 5.91 Å². The highest BCUT2D eigenvalue weighted by atomic mass is 35.5. The summed E-state index contributed by atoms with van der Waals surface area (Å²) in [7, 11) is 0. The van der Waals surface area contributed by atoms with E-state index >= 15 is 0 Å². The third-order valence-corrected chi connectivity index (χ3v) is 4.90. The van der Waals surface area contributed by atoms with Gasteiger partial charge < -0.3 is 0 Å². The number of carbonyl (C=O) groups is 2. The molecule has 27 heavy (non-hydrogen) atoms. The first kappa shape index (κ1) is 19.2. The van der Waals surface area contributed by atoms with Crippen LogP contribution in [0.1, 0.15) is 16.8 Å². The van der Waals surface area contributed by atoms with Gasteiger partial charge in [0.15, 0.2) is 0 Å². The van der Waals surface area contributed by atoms with E-state index < -0.39 is 5.91 Å². The number of halogens is 1. The average Bonchev–Trinajstić information content (AvgIpc) is 2.70. The van der Waals surface area contributed by atoms with E-state index in [2.05, 4.69) is 15.8 Å². The van der Waals surface area contributed by atoms with Crippen molar-refractivity contribution in [1.82, 2.24) is 15.8 Å². The molecule has 0 atom stereocenters. The number of nitrogens with zero attached hydrogens (tertiary/aromatic N) is 1. The molecule has 2 amide bonds. The lowest BCUT2D eigenvalue weighted by Crippen LogP contribution is -2.41. The zero-order valence-corrected chi connectivity index (χ0v) is 16.2. The van der Waals surface area contributed by atoms with E-state index in [1.54, 1.807) is 23.9 Å². The Balaban J connectivity index is 1.95. The zero-order valence-electron chi connectivity index (χ0n) is 14.7. The van der Waals surface area contributed by atoms with Gasteiger partial charge in [0.1, 0.15) is 0 Å². The number of benzene rings is 2. The quantitative estimate of drug-likeness (QED) is 0.634. The second-order valence-electron chi connectivity index (χ2n) is 5.80. The topological polar surface area (TPSA) is 71.1 Å². The predicted octanol–water partition coefficient (Wildman–Crippen LogP) is 4.07. The molecule has 0 aliphatic carbocycles. The maximum absolute atomic E-state index is 12.7. The monoisotopic (exact) mass is 399 g/mol. The number of hydrazine groups is 1. The molecule has 0 radical (unpaired) electrons. The Labute approximate surface area is 166 Å². The van der Waals surface area contributed by atoms with Crippen LogP contribution in [-0.4, -0.2) is 28.8 Å². The lowest BCUT2D eigenvalue weighted by atomic mass is 10.0. The molecule has 138 valence electrons. The molecule has 1 aromatic heterocycles. The summed E-state index contributed by atoms with van der Waals surface area (Å²) >= 11 is 7.86. The van der Waals surface area contributed by atoms with Gasteiger partial charge >= 0.3 is 0 Å². The largest absolute Gasteiger partial charge is 0.273 e. The van der Waals surface area contributed by atoms with E-state index in [0.29, 0.717) is 39.4 Å². The molecule has 3 aromatic rings. The molecule has 0 aliphatic heterocycles. The third-order valence-electron chi connectivity index (χ3n) is 3.96. The number of carbonyl (C=O) groups excluding carboxylic acids is 2. The van der Waals surface area contributed by atoms with E-state index in [9.17, 15) is 9.59 Å². The van der Waals surface area contributed by atoms with Gasteiger partial charge in [0.05, 0.1) is 16.8 Å². The van der Waals surface area contributed by atoms with Crippen molar-refractivity contribution in [2.45, 2.75) is 6.42 Å². The predicted molar refractivity (Wildman–Crippen MR) is 111 cm³/mol. The van der Waals surface area contributed by atoms with Crippen molar-refractivity contribution in [1.29, 1.82) is 0 Å². The van der Waals surface area contributed by atoms with Crippen molar-refractivity contribution >= 4 is 46.1 Å². The lowest BCUT2D eigenvalue weighted by molar-refractivity contribution is -0.121. The summed E-state index contributed by atoms with van der Waals surface area (Å²) in [6.07, 6.45) is 2.26. The van der Waals surface area contributed by atoms with E-state index in [4.69, 9.17) is 11.6 Å². The highest BCUT2D eigenvalue weighted by molar-refractivity contribution is 7.98. The van der Waals surface area contributed by atoms with Gasteiger partial charge in [-0.25, -0.2) is 4.98 Å². The first-order valence-electron chi connectivity index (χ1n) is 8.33. The van der Waals surface area contributed by atoms with Gasteiger partial charge in [-0.05, 0) is 24.5 Å². The number of fused-ring (bicyclic) bond motifs is 1. The molecule has 0 fully saturated rings. The van der Waals surface area contributed by atoms with Crippen molar-refractivity contribution in [3.8, 4) is 11.3 Å². The smallest absolute Gasteiger partial charge is 0.270 e. The highest BCUT2D eigenvalue weighted by Crippen LogP contribution is 2.29. The summed E-state index contributed by atoms with van der Waals surface area (Å²) in [5.41, 5.74) is 7.36. The average molecular weight is 400 g/mol. The summed E-state index contributed by atoms with van der Waals surface area (Å²) in [4.78, 5) is 29.1. The van der Waals surface area contributed by atoms with Crippen molar-refractivity contribution < 1.29 is 9.59 Å². The molecule has 5 nitrogen and oxygen atoms in total. The summed E-state index contributed by atoms with van der Waals surface area (Å²) < 4.78 is 0. The fraction of sp³-hybridized carbons (Fsp3) is 0.150. The highest BCUT2D eigenvalue weighted by Gasteiger charge is 2.15. The standard InChI is InChI=1S/C20H18ClN3O2S/c1-27-11-10-19(25)23-24-20(26)15-12-18(14-7-2-4-8-16(14)21)22-17-9-5-3-6-13(15)17/h2-9,12H,10-11H2,1H3,(H,23,25)(H,24,26). The summed E-state index contributed by atoms with van der Waals surface area (Å²) in [6.45, 7) is 0. The van der Waals surface area contributed by atoms with Gasteiger partial charge in [-0.3, -0.25) is 20.4 Å². The van der Waals surface area contributed by atoms with E-state index in [1.807, 2.05) is 48.7 Å². The van der Waals surface area contributed by atoms with E-state index in [-0.39, 0.29) is 5.91 Å². The Hall–Kier alpha value is -2.57. The van der Waals surface area contributed by atoms with Gasteiger partial charge in [-0.15, -0.1) is 0 Å². The molecule has 0 unspecified atom stereocenters. The molecular weight excluding hydrogens is 382 g/mol. The first-order chi connectivity index (χ1) is 13.1. The van der Waals surface area contributed by atoms with E-state index in [0.717, 1.165) is 5.56 Å². The molecule has 0 saturated heterocycles. The van der Waals surface area contributed by atoms with Gasteiger partial charge in [-0.2, -0.15) is 11.8 Å². The van der Waals surface area contributed by atoms with Crippen LogP contribution in [0.15, 0.2) is 54.6 Å². The molecule has 0 aliphatic rings. The van der Waals surface area contributed by atoms with Crippen LogP contribution in [0.2, 0.25) is 5.02 Å². The third kappa shape index (κ3) is 4.59. The maximum atomic E-state index is 12.7. The molecular formula is C20H18ClN3O2S. The molecule has 0 spiro atoms. The second-order valence-corrected chi connectivity index (χ2v) is 7.19. The fourth-order valence-corrected chi connectivity index (χ4v) is 3.24. The van der Waals surface area contributed by atoms with Crippen molar-refractivity contribution in [3.63, 3.8) is 0 Å². The number of aromatic nitrogens is 1. The molecule has 3 rings (SSSR count). The van der Waals surface area contributed by atoms with Crippen LogP contribution in [0.25, 0.3) is 22.2 Å². The minimum Gasteiger partial charge on any atom is -0.273 e. The number of nitrogens with one attached hydrogen (secondary N) is 2. The van der Waals surface area contributed by atoms with Crippen LogP contribution in [-0.2, 0) is 4.79 Å². The second kappa shape index (κ2) is 8.88. The Bertz CT molecular complexity index is 994. The fourth-order valence-electron chi connectivity index (χ4n) is 2.62. The van der Waals surface area contributed by atoms with Crippen molar-refractivity contribution in [2.24, 2.45) is 0 Å². The van der Waals surface area contributed by atoms with Crippen LogP contribution >= 0.6 is 23.4 Å². The first-order valence-corrected chi connectivity index (χ1v) is 10.1. The van der Waals surface area contributed by atoms with Gasteiger partial charge in [-0.1, -0.05) is 48.0 Å². The van der Waals surface area contributed by atoms with Crippen LogP contribution in [0.5, 0.6) is 0 Å². The van der Waals surface area contributed by atoms with E-state index in [1.165, 1.54) is 0 Å². The zero-order chi connectivity index (χ0) is 19.2. The Kier molecular flexibility index (Phi) is 6.32. The lowest BCUT2D eigenvalue weighted by Gasteiger charge is -2.12.